The van der Waals surface area contributed by atoms with Gasteiger partial charge in [0, 0.05) is 12.3 Å². The molecule has 0 saturated heterocycles. The monoisotopic (exact) mass is 128 g/mol. The van der Waals surface area contributed by atoms with E-state index in [2.05, 4.69) is 6.58 Å². The van der Waals surface area contributed by atoms with Gasteiger partial charge in [-0.15, -0.1) is 0 Å². The molecule has 1 aliphatic heterocycles. The standard InChI is InChI=1S/C6H9OP/c1-2-8(7)5-3-4-6-8/h2-4H,1,5-6H2. The fourth-order valence-corrected chi connectivity index (χ4v) is 2.19. The molecule has 0 N–H and O–H groups in total. The summed E-state index contributed by atoms with van der Waals surface area (Å²) in [5, 5.41) is 0. The number of hydrogen-bond donors (Lipinski definition) is 0. The lowest BCUT2D eigenvalue weighted by Gasteiger charge is -1.99. The highest BCUT2D eigenvalue weighted by atomic mass is 31.2. The quantitative estimate of drug-likeness (QED) is 0.390. The minimum atomic E-state index is -1.90. The van der Waals surface area contributed by atoms with E-state index >= 15 is 0 Å². The molecule has 8 heavy (non-hydrogen) atoms. The van der Waals surface area contributed by atoms with E-state index in [0.717, 1.165) is 12.3 Å². The van der Waals surface area contributed by atoms with Gasteiger partial charge in [0.05, 0.1) is 0 Å². The maximum absolute atomic E-state index is 11.2. The molecule has 0 saturated carbocycles. The first-order valence-corrected chi connectivity index (χ1v) is 4.78. The van der Waals surface area contributed by atoms with Gasteiger partial charge in [-0.3, -0.25) is 0 Å². The Kier molecular flexibility index (Phi) is 1.39. The third kappa shape index (κ3) is 0.924. The van der Waals surface area contributed by atoms with Crippen LogP contribution in [-0.2, 0) is 4.57 Å². The third-order valence-electron chi connectivity index (χ3n) is 1.33. The second kappa shape index (κ2) is 1.91. The fourth-order valence-electron chi connectivity index (χ4n) is 0.730. The highest BCUT2D eigenvalue weighted by molar-refractivity contribution is 7.67. The maximum atomic E-state index is 11.2. The Hall–Kier alpha value is -0.290. The van der Waals surface area contributed by atoms with Crippen molar-refractivity contribution in [1.29, 1.82) is 0 Å². The predicted octanol–water partition coefficient (Wildman–Crippen LogP) is 2.06. The molecule has 44 valence electrons. The van der Waals surface area contributed by atoms with Crippen molar-refractivity contribution in [3.05, 3.63) is 24.5 Å². The van der Waals surface area contributed by atoms with Crippen molar-refractivity contribution in [2.75, 3.05) is 12.3 Å². The molecule has 2 heteroatoms. The summed E-state index contributed by atoms with van der Waals surface area (Å²) in [5.41, 5.74) is 0. The van der Waals surface area contributed by atoms with Gasteiger partial charge >= 0.3 is 0 Å². The molecule has 1 nitrogen and oxygen atoms in total. The summed E-state index contributed by atoms with van der Waals surface area (Å²) in [6, 6.07) is 0. The SMILES string of the molecule is C=CP1(=O)CC=CC1. The van der Waals surface area contributed by atoms with Crippen molar-refractivity contribution >= 4 is 7.14 Å². The lowest BCUT2D eigenvalue weighted by molar-refractivity contribution is 0.585. The van der Waals surface area contributed by atoms with E-state index in [1.807, 2.05) is 12.2 Å². The molecule has 0 fully saturated rings. The fraction of sp³-hybridized carbons (Fsp3) is 0.333. The van der Waals surface area contributed by atoms with Gasteiger partial charge in [-0.1, -0.05) is 18.7 Å². The lowest BCUT2D eigenvalue weighted by atomic mass is 10.6. The molecule has 0 aliphatic carbocycles. The first-order valence-electron chi connectivity index (χ1n) is 2.63. The molecule has 0 aromatic rings. The lowest BCUT2D eigenvalue weighted by Crippen LogP contribution is -1.76. The van der Waals surface area contributed by atoms with Crippen LogP contribution in [0.15, 0.2) is 24.5 Å². The van der Waals surface area contributed by atoms with Crippen LogP contribution in [0.3, 0.4) is 0 Å². The Morgan fingerprint density at radius 2 is 2.00 bits per heavy atom. The molecule has 0 aromatic heterocycles. The molecule has 1 aliphatic rings. The number of hydrogen-bond acceptors (Lipinski definition) is 1. The Labute approximate surface area is 49.5 Å². The van der Waals surface area contributed by atoms with Crippen LogP contribution in [0.25, 0.3) is 0 Å². The highest BCUT2D eigenvalue weighted by Gasteiger charge is 2.17. The van der Waals surface area contributed by atoms with E-state index < -0.39 is 7.14 Å². The Balaban J connectivity index is 2.73. The second-order valence-corrected chi connectivity index (χ2v) is 4.97. The van der Waals surface area contributed by atoms with E-state index in [-0.39, 0.29) is 0 Å². The smallest absolute Gasteiger partial charge is 0.115 e. The molecule has 0 amide bonds. The van der Waals surface area contributed by atoms with Crippen LogP contribution < -0.4 is 0 Å². The van der Waals surface area contributed by atoms with Crippen molar-refractivity contribution in [3.8, 4) is 0 Å². The second-order valence-electron chi connectivity index (χ2n) is 1.97. The largest absolute Gasteiger partial charge is 0.319 e. The Morgan fingerprint density at radius 1 is 1.50 bits per heavy atom. The summed E-state index contributed by atoms with van der Waals surface area (Å²) in [6.45, 7) is 3.51. The van der Waals surface area contributed by atoms with Crippen LogP contribution in [0.5, 0.6) is 0 Å². The molecule has 0 unspecified atom stereocenters. The molecule has 1 heterocycles. The van der Waals surface area contributed by atoms with Gasteiger partial charge in [-0.25, -0.2) is 0 Å². The summed E-state index contributed by atoms with van der Waals surface area (Å²) in [6.07, 6.45) is 5.39. The van der Waals surface area contributed by atoms with E-state index in [1.54, 1.807) is 5.82 Å². The van der Waals surface area contributed by atoms with Gasteiger partial charge in [-0.2, -0.15) is 0 Å². The third-order valence-corrected chi connectivity index (χ3v) is 3.65. The molecule has 0 aromatic carbocycles. The minimum Gasteiger partial charge on any atom is -0.319 e. The van der Waals surface area contributed by atoms with Gasteiger partial charge in [-0.05, 0) is 5.82 Å². The number of allylic oxidation sites excluding steroid dienone is 2. The van der Waals surface area contributed by atoms with Crippen LogP contribution >= 0.6 is 7.14 Å². The van der Waals surface area contributed by atoms with Crippen molar-refractivity contribution < 1.29 is 4.57 Å². The van der Waals surface area contributed by atoms with Crippen molar-refractivity contribution in [2.24, 2.45) is 0 Å². The average Bonchev–Trinajstić information content (AvgIpc) is 2.17. The van der Waals surface area contributed by atoms with Gasteiger partial charge in [0.1, 0.15) is 7.14 Å². The summed E-state index contributed by atoms with van der Waals surface area (Å²) in [4.78, 5) is 0. The van der Waals surface area contributed by atoms with E-state index in [1.165, 1.54) is 0 Å². The first kappa shape index (κ1) is 5.84. The topological polar surface area (TPSA) is 17.1 Å². The molecular weight excluding hydrogens is 119 g/mol. The molecule has 1 rings (SSSR count). The molecule has 0 radical (unpaired) electrons. The number of rotatable bonds is 1. The zero-order valence-corrected chi connectivity index (χ0v) is 5.60. The van der Waals surface area contributed by atoms with Gasteiger partial charge in [0.2, 0.25) is 0 Å². The van der Waals surface area contributed by atoms with Gasteiger partial charge in [0.25, 0.3) is 0 Å². The zero-order chi connectivity index (χ0) is 6.04. The van der Waals surface area contributed by atoms with E-state index in [4.69, 9.17) is 0 Å². The van der Waals surface area contributed by atoms with Crippen LogP contribution in [0, 0.1) is 0 Å². The summed E-state index contributed by atoms with van der Waals surface area (Å²) < 4.78 is 11.2. The van der Waals surface area contributed by atoms with Gasteiger partial charge in [0.15, 0.2) is 0 Å². The molecule has 0 spiro atoms. The van der Waals surface area contributed by atoms with Crippen molar-refractivity contribution in [3.63, 3.8) is 0 Å². The normalized spacial score (nSPS) is 23.5. The minimum absolute atomic E-state index is 0.733. The zero-order valence-electron chi connectivity index (χ0n) is 4.71. The van der Waals surface area contributed by atoms with Crippen LogP contribution in [0.1, 0.15) is 0 Å². The maximum Gasteiger partial charge on any atom is 0.115 e. The summed E-state index contributed by atoms with van der Waals surface area (Å²) in [5.74, 6) is 1.60. The molecule has 0 atom stereocenters. The van der Waals surface area contributed by atoms with E-state index in [0.29, 0.717) is 0 Å². The van der Waals surface area contributed by atoms with Crippen LogP contribution in [0.4, 0.5) is 0 Å². The highest BCUT2D eigenvalue weighted by Crippen LogP contribution is 2.49. The average molecular weight is 128 g/mol. The molecule has 0 bridgehead atoms. The first-order chi connectivity index (χ1) is 3.77. The van der Waals surface area contributed by atoms with Crippen LogP contribution in [0.2, 0.25) is 0 Å². The summed E-state index contributed by atoms with van der Waals surface area (Å²) >= 11 is 0. The van der Waals surface area contributed by atoms with Crippen molar-refractivity contribution in [2.45, 2.75) is 0 Å². The van der Waals surface area contributed by atoms with E-state index in [9.17, 15) is 4.57 Å². The van der Waals surface area contributed by atoms with Gasteiger partial charge < -0.3 is 4.57 Å². The summed E-state index contributed by atoms with van der Waals surface area (Å²) in [7, 11) is -1.90. The Bertz CT molecular complexity index is 157. The predicted molar refractivity (Wildman–Crippen MR) is 36.7 cm³/mol. The van der Waals surface area contributed by atoms with Crippen molar-refractivity contribution in [1.82, 2.24) is 0 Å². The van der Waals surface area contributed by atoms with Crippen LogP contribution in [-0.4, -0.2) is 12.3 Å². The molecular formula is C6H9OP. The Morgan fingerprint density at radius 3 is 2.25 bits per heavy atom.